The summed E-state index contributed by atoms with van der Waals surface area (Å²) in [5, 5.41) is 9.95. The molecule has 2 heterocycles. The number of hydrogen-bond acceptors (Lipinski definition) is 5. The van der Waals surface area contributed by atoms with E-state index in [1.54, 1.807) is 6.33 Å². The molecule has 1 aromatic carbocycles. The van der Waals surface area contributed by atoms with Gasteiger partial charge in [0, 0.05) is 43.3 Å². The maximum Gasteiger partial charge on any atom is 0.132 e. The predicted octanol–water partition coefficient (Wildman–Crippen LogP) is 3.02. The van der Waals surface area contributed by atoms with Crippen molar-refractivity contribution in [3.05, 3.63) is 52.9 Å². The highest BCUT2D eigenvalue weighted by Crippen LogP contribution is 2.26. The Bertz CT molecular complexity index is 662. The number of nitrogens with zero attached hydrogens (tertiary/aromatic N) is 3. The first kappa shape index (κ1) is 17.1. The lowest BCUT2D eigenvalue weighted by Gasteiger charge is -2.24. The Balaban J connectivity index is 1.82. The van der Waals surface area contributed by atoms with E-state index in [0.29, 0.717) is 25.4 Å². The molecule has 1 saturated heterocycles. The number of halogens is 1. The van der Waals surface area contributed by atoms with Gasteiger partial charge in [0.25, 0.3) is 0 Å². The van der Waals surface area contributed by atoms with E-state index in [-0.39, 0.29) is 6.61 Å². The quantitative estimate of drug-likeness (QED) is 0.834. The minimum Gasteiger partial charge on any atom is -0.396 e. The number of aromatic nitrogens is 2. The number of anilines is 1. The molecular weight excluding hydrogens is 326 g/mol. The highest BCUT2D eigenvalue weighted by atomic mass is 35.5. The van der Waals surface area contributed by atoms with Crippen LogP contribution in [0.3, 0.4) is 0 Å². The Hall–Kier alpha value is -1.69. The SMILES string of the molecule is OCCCN(Cc1ccccc1Cl)c1cc([C@@H]2CCOC2)ncn1. The van der Waals surface area contributed by atoms with Crippen molar-refractivity contribution in [2.45, 2.75) is 25.3 Å². The van der Waals surface area contributed by atoms with Crippen molar-refractivity contribution >= 4 is 17.4 Å². The molecule has 1 aliphatic heterocycles. The molecule has 1 atom stereocenters. The molecule has 0 bridgehead atoms. The molecule has 128 valence electrons. The summed E-state index contributed by atoms with van der Waals surface area (Å²) in [4.78, 5) is 11.0. The fourth-order valence-electron chi connectivity index (χ4n) is 2.89. The van der Waals surface area contributed by atoms with Gasteiger partial charge in [-0.15, -0.1) is 0 Å². The average molecular weight is 348 g/mol. The van der Waals surface area contributed by atoms with Crippen molar-refractivity contribution in [1.82, 2.24) is 9.97 Å². The molecule has 1 N–H and O–H groups in total. The minimum absolute atomic E-state index is 0.146. The largest absolute Gasteiger partial charge is 0.396 e. The van der Waals surface area contributed by atoms with E-state index < -0.39 is 0 Å². The maximum absolute atomic E-state index is 9.21. The van der Waals surface area contributed by atoms with Crippen molar-refractivity contribution < 1.29 is 9.84 Å². The van der Waals surface area contributed by atoms with Gasteiger partial charge in [0.1, 0.15) is 12.1 Å². The van der Waals surface area contributed by atoms with Crippen molar-refractivity contribution in [1.29, 1.82) is 0 Å². The van der Waals surface area contributed by atoms with Gasteiger partial charge < -0.3 is 14.7 Å². The van der Waals surface area contributed by atoms with Crippen molar-refractivity contribution in [2.75, 3.05) is 31.3 Å². The molecule has 24 heavy (non-hydrogen) atoms. The predicted molar refractivity (Wildman–Crippen MR) is 94.4 cm³/mol. The van der Waals surface area contributed by atoms with Crippen LogP contribution < -0.4 is 4.90 Å². The molecule has 0 unspecified atom stereocenters. The zero-order chi connectivity index (χ0) is 16.8. The molecule has 5 nitrogen and oxygen atoms in total. The summed E-state index contributed by atoms with van der Waals surface area (Å²) in [6.45, 7) is 3.01. The molecule has 2 aromatic rings. The molecule has 0 spiro atoms. The topological polar surface area (TPSA) is 58.5 Å². The number of ether oxygens (including phenoxy) is 1. The standard InChI is InChI=1S/C18H22ClN3O2/c19-16-5-2-1-4-14(16)11-22(7-3-8-23)18-10-17(20-13-21-18)15-6-9-24-12-15/h1-2,4-5,10,13,15,23H,3,6-9,11-12H2/t15-/m1/s1. The van der Waals surface area contributed by atoms with Crippen molar-refractivity contribution in [2.24, 2.45) is 0 Å². The lowest BCUT2D eigenvalue weighted by atomic mass is 10.0. The second-order valence-corrected chi connectivity index (χ2v) is 6.36. The van der Waals surface area contributed by atoms with Crippen LogP contribution in [0.2, 0.25) is 5.02 Å². The van der Waals surface area contributed by atoms with Gasteiger partial charge in [-0.3, -0.25) is 0 Å². The minimum atomic E-state index is 0.146. The fourth-order valence-corrected chi connectivity index (χ4v) is 3.09. The van der Waals surface area contributed by atoms with Gasteiger partial charge in [0.2, 0.25) is 0 Å². The smallest absolute Gasteiger partial charge is 0.132 e. The zero-order valence-corrected chi connectivity index (χ0v) is 14.3. The van der Waals surface area contributed by atoms with E-state index >= 15 is 0 Å². The average Bonchev–Trinajstić information content (AvgIpc) is 3.15. The molecule has 0 saturated carbocycles. The summed E-state index contributed by atoms with van der Waals surface area (Å²) in [5.41, 5.74) is 2.06. The van der Waals surface area contributed by atoms with Gasteiger partial charge in [-0.2, -0.15) is 0 Å². The van der Waals surface area contributed by atoms with Crippen LogP contribution in [0.15, 0.2) is 36.7 Å². The van der Waals surface area contributed by atoms with Crippen molar-refractivity contribution in [3.63, 3.8) is 0 Å². The van der Waals surface area contributed by atoms with Crippen LogP contribution in [0.1, 0.15) is 30.0 Å². The molecule has 6 heteroatoms. The number of rotatable bonds is 7. The molecule has 1 fully saturated rings. The van der Waals surface area contributed by atoms with Gasteiger partial charge in [0.15, 0.2) is 0 Å². The normalized spacial score (nSPS) is 17.2. The first-order valence-corrected chi connectivity index (χ1v) is 8.64. The highest BCUT2D eigenvalue weighted by molar-refractivity contribution is 6.31. The summed E-state index contributed by atoms with van der Waals surface area (Å²) in [6, 6.07) is 9.84. The molecule has 0 radical (unpaired) electrons. The fraction of sp³-hybridized carbons (Fsp3) is 0.444. The molecule has 1 aliphatic rings. The van der Waals surface area contributed by atoms with E-state index in [0.717, 1.165) is 41.7 Å². The maximum atomic E-state index is 9.21. The Morgan fingerprint density at radius 3 is 2.92 bits per heavy atom. The number of hydrogen-bond donors (Lipinski definition) is 1. The lowest BCUT2D eigenvalue weighted by molar-refractivity contribution is 0.193. The monoisotopic (exact) mass is 347 g/mol. The van der Waals surface area contributed by atoms with Gasteiger partial charge in [-0.1, -0.05) is 29.8 Å². The molecule has 0 amide bonds. The van der Waals surface area contributed by atoms with Crippen LogP contribution in [0.4, 0.5) is 5.82 Å². The molecule has 3 rings (SSSR count). The first-order chi connectivity index (χ1) is 11.8. The summed E-state index contributed by atoms with van der Waals surface area (Å²) in [7, 11) is 0. The first-order valence-electron chi connectivity index (χ1n) is 8.27. The second-order valence-electron chi connectivity index (χ2n) is 5.95. The van der Waals surface area contributed by atoms with Crippen LogP contribution in [0.5, 0.6) is 0 Å². The molecule has 1 aromatic heterocycles. The Morgan fingerprint density at radius 2 is 2.17 bits per heavy atom. The second kappa shape index (κ2) is 8.42. The van der Waals surface area contributed by atoms with Crippen molar-refractivity contribution in [3.8, 4) is 0 Å². The van der Waals surface area contributed by atoms with Crippen LogP contribution in [0.25, 0.3) is 0 Å². The molecular formula is C18H22ClN3O2. The van der Waals surface area contributed by atoms with Crippen LogP contribution in [-0.4, -0.2) is 41.4 Å². The highest BCUT2D eigenvalue weighted by Gasteiger charge is 2.20. The van der Waals surface area contributed by atoms with Gasteiger partial charge >= 0.3 is 0 Å². The number of aliphatic hydroxyl groups is 1. The zero-order valence-electron chi connectivity index (χ0n) is 13.6. The van der Waals surface area contributed by atoms with E-state index in [4.69, 9.17) is 16.3 Å². The van der Waals surface area contributed by atoms with Crippen LogP contribution >= 0.6 is 11.6 Å². The van der Waals surface area contributed by atoms with Gasteiger partial charge in [-0.05, 0) is 24.5 Å². The number of aliphatic hydroxyl groups excluding tert-OH is 1. The third-order valence-corrected chi connectivity index (χ3v) is 4.62. The number of benzene rings is 1. The third-order valence-electron chi connectivity index (χ3n) is 4.25. The lowest BCUT2D eigenvalue weighted by Crippen LogP contribution is -2.26. The van der Waals surface area contributed by atoms with E-state index in [1.807, 2.05) is 30.3 Å². The Labute approximate surface area is 147 Å². The van der Waals surface area contributed by atoms with Crippen LogP contribution in [-0.2, 0) is 11.3 Å². The van der Waals surface area contributed by atoms with Gasteiger partial charge in [-0.25, -0.2) is 9.97 Å². The summed E-state index contributed by atoms with van der Waals surface area (Å²) in [5.74, 6) is 1.20. The summed E-state index contributed by atoms with van der Waals surface area (Å²) >= 11 is 6.30. The van der Waals surface area contributed by atoms with E-state index in [9.17, 15) is 5.11 Å². The molecule has 0 aliphatic carbocycles. The van der Waals surface area contributed by atoms with Gasteiger partial charge in [0.05, 0.1) is 12.3 Å². The summed E-state index contributed by atoms with van der Waals surface area (Å²) in [6.07, 6.45) is 3.29. The Morgan fingerprint density at radius 1 is 1.29 bits per heavy atom. The third kappa shape index (κ3) is 4.23. The van der Waals surface area contributed by atoms with E-state index in [1.165, 1.54) is 0 Å². The Kier molecular flexibility index (Phi) is 6.01. The summed E-state index contributed by atoms with van der Waals surface area (Å²) < 4.78 is 5.46. The van der Waals surface area contributed by atoms with E-state index in [2.05, 4.69) is 14.9 Å². The van der Waals surface area contributed by atoms with Crippen LogP contribution in [0, 0.1) is 0 Å².